The van der Waals surface area contributed by atoms with E-state index in [1.165, 1.54) is 48.5 Å². The lowest BCUT2D eigenvalue weighted by molar-refractivity contribution is -0.142. The molecule has 2 saturated carbocycles. The molecule has 2 amide bonds. The van der Waals surface area contributed by atoms with Crippen molar-refractivity contribution in [3.05, 3.63) is 111 Å². The molecule has 2 heterocycles. The van der Waals surface area contributed by atoms with Gasteiger partial charge in [-0.3, -0.25) is 9.59 Å². The Bertz CT molecular complexity index is 1920. The summed E-state index contributed by atoms with van der Waals surface area (Å²) in [6.45, 7) is 0. The average Bonchev–Trinajstić information content (AvgIpc) is 3.13. The molecule has 0 bridgehead atoms. The van der Waals surface area contributed by atoms with Crippen LogP contribution < -0.4 is 21.7 Å². The number of hydrogen-bond acceptors (Lipinski definition) is 8. The summed E-state index contributed by atoms with van der Waals surface area (Å²) < 4.78 is 99.9. The van der Waals surface area contributed by atoms with Crippen molar-refractivity contribution in [1.29, 1.82) is 0 Å². The van der Waals surface area contributed by atoms with Crippen molar-refractivity contribution in [2.45, 2.75) is 87.9 Å². The molecule has 2 aliphatic carbocycles. The maximum absolute atomic E-state index is 12.9. The van der Waals surface area contributed by atoms with Crippen molar-refractivity contribution in [3.63, 3.8) is 0 Å². The lowest BCUT2D eigenvalue weighted by Crippen LogP contribution is -2.40. The van der Waals surface area contributed by atoms with Gasteiger partial charge in [-0.15, -0.1) is 0 Å². The minimum atomic E-state index is -4.61. The summed E-state index contributed by atoms with van der Waals surface area (Å²) in [7, 11) is 0. The van der Waals surface area contributed by atoms with Gasteiger partial charge in [0.25, 0.3) is 11.8 Å². The molecule has 308 valence electrons. The van der Waals surface area contributed by atoms with E-state index in [1.54, 1.807) is 0 Å². The number of nitrogens with one attached hydrogen (secondary N) is 3. The Kier molecular flexibility index (Phi) is 16.2. The molecule has 0 atom stereocenters. The number of carbonyl (C=O) groups excluding carboxylic acids is 2. The van der Waals surface area contributed by atoms with E-state index in [0.717, 1.165) is 31.7 Å². The lowest BCUT2D eigenvalue weighted by Gasteiger charge is -2.30. The van der Waals surface area contributed by atoms with Gasteiger partial charge in [0.15, 0.2) is 11.4 Å². The number of nitrogens with two attached hydrogens (primary N) is 1. The molecule has 2 aromatic heterocycles. The summed E-state index contributed by atoms with van der Waals surface area (Å²) >= 11 is 16.0. The fourth-order valence-electron chi connectivity index (χ4n) is 5.77. The maximum Gasteiger partial charge on any atom is 0.433 e. The van der Waals surface area contributed by atoms with E-state index < -0.39 is 40.1 Å². The van der Waals surface area contributed by atoms with Crippen molar-refractivity contribution in [1.82, 2.24) is 30.6 Å². The second kappa shape index (κ2) is 20.3. The third-order valence-corrected chi connectivity index (χ3v) is 9.21. The number of rotatable bonds is 6. The predicted molar refractivity (Wildman–Crippen MR) is 197 cm³/mol. The van der Waals surface area contributed by atoms with Crippen LogP contribution in [0.25, 0.3) is 0 Å². The van der Waals surface area contributed by atoms with Crippen molar-refractivity contribution in [2.75, 3.05) is 5.32 Å². The first-order chi connectivity index (χ1) is 26.7. The number of aromatic nitrogens is 4. The molecule has 2 aromatic carbocycles. The summed E-state index contributed by atoms with van der Waals surface area (Å²) in [6.07, 6.45) is -2.83. The van der Waals surface area contributed by atoms with Gasteiger partial charge in [-0.2, -0.15) is 26.3 Å². The van der Waals surface area contributed by atoms with Gasteiger partial charge < -0.3 is 21.7 Å². The van der Waals surface area contributed by atoms with Crippen LogP contribution in [0.5, 0.6) is 0 Å². The van der Waals surface area contributed by atoms with Crippen LogP contribution in [0.1, 0.15) is 83.5 Å². The minimum absolute atomic E-state index is 0.0196. The number of benzene rings is 2. The molecule has 2 aliphatic rings. The van der Waals surface area contributed by atoms with Crippen LogP contribution in [-0.2, 0) is 12.4 Å². The Hall–Kier alpha value is -4.39. The molecular weight excluding hydrogens is 835 g/mol. The van der Waals surface area contributed by atoms with E-state index >= 15 is 0 Å². The number of hydrogen-bond donors (Lipinski definition) is 4. The molecule has 0 radical (unpaired) electrons. The van der Waals surface area contributed by atoms with Crippen LogP contribution >= 0.6 is 34.8 Å². The van der Waals surface area contributed by atoms with Crippen LogP contribution in [0.4, 0.5) is 40.9 Å². The normalized spacial score (nSPS) is 19.5. The molecule has 0 saturated heterocycles. The SMILES string of the molecule is FC(F)(F)c1cc(Cl)nc(Cl)n1.NC1CCC(NC(=O)c2ccc(F)cc2)CC1.O=C(NC1CCC(Nc2cc(C(F)(F)F)nc(Cl)n2)CC1)c1ccc(F)cc1. The van der Waals surface area contributed by atoms with Crippen molar-refractivity contribution < 1.29 is 44.7 Å². The molecule has 0 spiro atoms. The molecule has 6 rings (SSSR count). The number of carbonyl (C=O) groups is 2. The van der Waals surface area contributed by atoms with E-state index in [4.69, 9.17) is 40.5 Å². The third kappa shape index (κ3) is 15.1. The van der Waals surface area contributed by atoms with E-state index in [-0.39, 0.29) is 52.8 Å². The second-order valence-electron chi connectivity index (χ2n) is 13.0. The van der Waals surface area contributed by atoms with Crippen LogP contribution in [0.15, 0.2) is 60.7 Å². The number of nitrogens with zero attached hydrogens (tertiary/aromatic N) is 4. The largest absolute Gasteiger partial charge is 0.433 e. The van der Waals surface area contributed by atoms with Gasteiger partial charge in [-0.1, -0.05) is 11.6 Å². The molecule has 0 unspecified atom stereocenters. The Morgan fingerprint density at radius 1 is 0.579 bits per heavy atom. The third-order valence-electron chi connectivity index (χ3n) is 8.68. The predicted octanol–water partition coefficient (Wildman–Crippen LogP) is 9.07. The number of alkyl halides is 6. The molecule has 0 aliphatic heterocycles. The first kappa shape index (κ1) is 45.3. The smallest absolute Gasteiger partial charge is 0.367 e. The Morgan fingerprint density at radius 3 is 1.39 bits per heavy atom. The van der Waals surface area contributed by atoms with Gasteiger partial charge in [-0.25, -0.2) is 28.7 Å². The van der Waals surface area contributed by atoms with Crippen LogP contribution in [-0.4, -0.2) is 55.9 Å². The molecular formula is C36H35Cl3F8N8O2. The second-order valence-corrected chi connectivity index (χ2v) is 14.1. The fourth-order valence-corrected chi connectivity index (χ4v) is 6.36. The number of amides is 2. The van der Waals surface area contributed by atoms with Gasteiger partial charge in [-0.05, 0) is 123 Å². The molecule has 10 nitrogen and oxygen atoms in total. The summed E-state index contributed by atoms with van der Waals surface area (Å²) in [5, 5.41) is 7.48. The van der Waals surface area contributed by atoms with Crippen LogP contribution in [0, 0.1) is 11.6 Å². The number of anilines is 1. The molecule has 5 N–H and O–H groups in total. The average molecular weight is 870 g/mol. The zero-order chi connectivity index (χ0) is 41.9. The first-order valence-corrected chi connectivity index (χ1v) is 18.4. The van der Waals surface area contributed by atoms with Crippen LogP contribution in [0.3, 0.4) is 0 Å². The standard InChI is InChI=1S/C18H17ClF4N4O.C13H17FN2O.C5HCl2F3N2/c19-17-26-14(18(21,22)23)9-15(27-17)24-12-5-7-13(8-6-12)25-16(28)10-1-3-11(20)4-2-10;14-10-3-1-9(2-4-10)13(17)16-12-7-5-11(15)6-8-12;6-3-1-2(5(8,9)10)11-4(7)12-3/h1-4,9,12-13H,5-8H2,(H,25,28)(H,24,26,27);1-4,11-12H,5-8,15H2,(H,16,17);1H. The molecule has 21 heteroatoms. The van der Waals surface area contributed by atoms with Gasteiger partial charge in [0, 0.05) is 47.4 Å². The maximum atomic E-state index is 12.9. The quantitative estimate of drug-likeness (QED) is 0.0853. The summed E-state index contributed by atoms with van der Waals surface area (Å²) in [4.78, 5) is 37.2. The number of halogens is 11. The van der Waals surface area contributed by atoms with Gasteiger partial charge in [0.2, 0.25) is 10.6 Å². The molecule has 2 fully saturated rings. The highest BCUT2D eigenvalue weighted by Crippen LogP contribution is 2.31. The summed E-state index contributed by atoms with van der Waals surface area (Å²) in [6, 6.07) is 12.6. The van der Waals surface area contributed by atoms with E-state index in [0.29, 0.717) is 42.9 Å². The zero-order valence-corrected chi connectivity index (χ0v) is 31.8. The van der Waals surface area contributed by atoms with Gasteiger partial charge >= 0.3 is 12.4 Å². The minimum Gasteiger partial charge on any atom is -0.367 e. The van der Waals surface area contributed by atoms with Crippen LogP contribution in [0.2, 0.25) is 15.7 Å². The Morgan fingerprint density at radius 2 is 0.965 bits per heavy atom. The van der Waals surface area contributed by atoms with E-state index in [2.05, 4.69) is 35.9 Å². The summed E-state index contributed by atoms with van der Waals surface area (Å²) in [5.41, 5.74) is 4.43. The molecule has 57 heavy (non-hydrogen) atoms. The highest BCUT2D eigenvalue weighted by Gasteiger charge is 2.35. The Labute approximate surface area is 336 Å². The van der Waals surface area contributed by atoms with Gasteiger partial charge in [0.05, 0.1) is 0 Å². The summed E-state index contributed by atoms with van der Waals surface area (Å²) in [5.74, 6) is -1.14. The lowest BCUT2D eigenvalue weighted by atomic mass is 9.91. The fraction of sp³-hybridized carbons (Fsp3) is 0.389. The highest BCUT2D eigenvalue weighted by molar-refractivity contribution is 6.31. The monoisotopic (exact) mass is 868 g/mol. The van der Waals surface area contributed by atoms with Crippen molar-refractivity contribution in [3.8, 4) is 0 Å². The highest BCUT2D eigenvalue weighted by atomic mass is 35.5. The molecule has 4 aromatic rings. The zero-order valence-electron chi connectivity index (χ0n) is 29.6. The first-order valence-electron chi connectivity index (χ1n) is 17.3. The van der Waals surface area contributed by atoms with E-state index in [1.807, 2.05) is 0 Å². The topological polar surface area (TPSA) is 148 Å². The Balaban J connectivity index is 0.000000210. The van der Waals surface area contributed by atoms with Crippen molar-refractivity contribution >= 4 is 52.4 Å². The van der Waals surface area contributed by atoms with Crippen molar-refractivity contribution in [2.24, 2.45) is 5.73 Å². The van der Waals surface area contributed by atoms with E-state index in [9.17, 15) is 44.7 Å². The van der Waals surface area contributed by atoms with Gasteiger partial charge in [0.1, 0.15) is 22.6 Å².